The number of benzene rings is 1. The Morgan fingerprint density at radius 2 is 2.19 bits per heavy atom. The quantitative estimate of drug-likeness (QED) is 0.690. The van der Waals surface area contributed by atoms with Crippen molar-refractivity contribution in [3.8, 4) is 11.5 Å². The highest BCUT2D eigenvalue weighted by atomic mass is 16.5. The second-order valence-corrected chi connectivity index (χ2v) is 4.01. The molecule has 86 valence electrons. The molecule has 3 heteroatoms. The molecule has 2 rings (SSSR count). The average molecular weight is 220 g/mol. The first-order valence-corrected chi connectivity index (χ1v) is 5.60. The van der Waals surface area contributed by atoms with Crippen LogP contribution in [0.1, 0.15) is 24.8 Å². The number of aldehydes is 1. The van der Waals surface area contributed by atoms with Crippen LogP contribution < -0.4 is 9.47 Å². The number of ether oxygens (including phenoxy) is 2. The Bertz CT molecular complexity index is 369. The zero-order valence-corrected chi connectivity index (χ0v) is 9.44. The monoisotopic (exact) mass is 220 g/mol. The number of carbonyl (C=O) groups is 1. The molecule has 0 N–H and O–H groups in total. The van der Waals surface area contributed by atoms with E-state index in [1.165, 1.54) is 0 Å². The first kappa shape index (κ1) is 11.0. The Balaban J connectivity index is 2.09. The van der Waals surface area contributed by atoms with E-state index in [1.807, 2.05) is 18.2 Å². The molecule has 1 fully saturated rings. The molecule has 0 unspecified atom stereocenters. The lowest BCUT2D eigenvalue weighted by molar-refractivity contribution is -0.107. The van der Waals surface area contributed by atoms with Crippen molar-refractivity contribution in [1.82, 2.24) is 0 Å². The van der Waals surface area contributed by atoms with Gasteiger partial charge in [0.1, 0.15) is 6.29 Å². The lowest BCUT2D eigenvalue weighted by Crippen LogP contribution is -1.99. The van der Waals surface area contributed by atoms with E-state index in [1.54, 1.807) is 7.11 Å². The Labute approximate surface area is 95.4 Å². The topological polar surface area (TPSA) is 35.5 Å². The minimum Gasteiger partial charge on any atom is -0.493 e. The van der Waals surface area contributed by atoms with Crippen LogP contribution in [0.4, 0.5) is 0 Å². The molecule has 1 aliphatic rings. The minimum absolute atomic E-state index is 0.370. The van der Waals surface area contributed by atoms with Gasteiger partial charge in [0.25, 0.3) is 0 Å². The lowest BCUT2D eigenvalue weighted by atomic mass is 10.1. The standard InChI is InChI=1S/C13H16O3/c1-15-13-9-10(3-2-8-14)4-7-12(13)16-11-5-6-11/h4,7-9,11H,2-3,5-6H2,1H3. The van der Waals surface area contributed by atoms with E-state index in [4.69, 9.17) is 9.47 Å². The summed E-state index contributed by atoms with van der Waals surface area (Å²) in [6.45, 7) is 0. The van der Waals surface area contributed by atoms with E-state index in [2.05, 4.69) is 0 Å². The van der Waals surface area contributed by atoms with Gasteiger partial charge in [0.2, 0.25) is 0 Å². The predicted octanol–water partition coefficient (Wildman–Crippen LogP) is 2.37. The Morgan fingerprint density at radius 3 is 2.81 bits per heavy atom. The maximum Gasteiger partial charge on any atom is 0.161 e. The van der Waals surface area contributed by atoms with Crippen molar-refractivity contribution >= 4 is 6.29 Å². The summed E-state index contributed by atoms with van der Waals surface area (Å²) in [5.41, 5.74) is 1.10. The Hall–Kier alpha value is -1.51. The fourth-order valence-electron chi connectivity index (χ4n) is 1.56. The molecule has 0 radical (unpaired) electrons. The molecule has 0 bridgehead atoms. The normalized spacial score (nSPS) is 14.6. The summed E-state index contributed by atoms with van der Waals surface area (Å²) in [5.74, 6) is 1.56. The molecular formula is C13H16O3. The average Bonchev–Trinajstić information content (AvgIpc) is 3.11. The molecule has 16 heavy (non-hydrogen) atoms. The Morgan fingerprint density at radius 1 is 1.38 bits per heavy atom. The van der Waals surface area contributed by atoms with Crippen LogP contribution in [0, 0.1) is 0 Å². The largest absolute Gasteiger partial charge is 0.493 e. The molecule has 1 aromatic carbocycles. The van der Waals surface area contributed by atoms with E-state index in [0.717, 1.165) is 42.6 Å². The van der Waals surface area contributed by atoms with Crippen LogP contribution in [-0.4, -0.2) is 19.5 Å². The van der Waals surface area contributed by atoms with Crippen molar-refractivity contribution in [2.24, 2.45) is 0 Å². The molecule has 0 aromatic heterocycles. The number of hydrogen-bond acceptors (Lipinski definition) is 3. The summed E-state index contributed by atoms with van der Waals surface area (Å²) in [4.78, 5) is 10.3. The van der Waals surface area contributed by atoms with E-state index in [-0.39, 0.29) is 0 Å². The summed E-state index contributed by atoms with van der Waals surface area (Å²) < 4.78 is 11.0. The van der Waals surface area contributed by atoms with Crippen molar-refractivity contribution in [1.29, 1.82) is 0 Å². The summed E-state index contributed by atoms with van der Waals surface area (Å²) in [7, 11) is 1.64. The number of aryl methyl sites for hydroxylation is 1. The van der Waals surface area contributed by atoms with Crippen molar-refractivity contribution in [3.63, 3.8) is 0 Å². The number of hydrogen-bond donors (Lipinski definition) is 0. The van der Waals surface area contributed by atoms with Gasteiger partial charge < -0.3 is 14.3 Å². The fourth-order valence-corrected chi connectivity index (χ4v) is 1.56. The third kappa shape index (κ3) is 2.75. The van der Waals surface area contributed by atoms with Gasteiger partial charge in [0.15, 0.2) is 11.5 Å². The zero-order valence-electron chi connectivity index (χ0n) is 9.44. The molecule has 0 saturated heterocycles. The fraction of sp³-hybridized carbons (Fsp3) is 0.462. The van der Waals surface area contributed by atoms with Crippen LogP contribution in [0.5, 0.6) is 11.5 Å². The highest BCUT2D eigenvalue weighted by Gasteiger charge is 2.24. The predicted molar refractivity (Wildman–Crippen MR) is 61.0 cm³/mol. The van der Waals surface area contributed by atoms with Crippen LogP contribution >= 0.6 is 0 Å². The lowest BCUT2D eigenvalue weighted by Gasteiger charge is -2.11. The molecule has 1 aromatic rings. The first-order valence-electron chi connectivity index (χ1n) is 5.60. The van der Waals surface area contributed by atoms with Gasteiger partial charge in [-0.3, -0.25) is 0 Å². The number of rotatable bonds is 6. The van der Waals surface area contributed by atoms with E-state index >= 15 is 0 Å². The van der Waals surface area contributed by atoms with Gasteiger partial charge in [-0.25, -0.2) is 0 Å². The van der Waals surface area contributed by atoms with E-state index in [0.29, 0.717) is 12.5 Å². The zero-order chi connectivity index (χ0) is 11.4. The van der Waals surface area contributed by atoms with Crippen LogP contribution in [0.25, 0.3) is 0 Å². The molecular weight excluding hydrogens is 204 g/mol. The molecule has 0 heterocycles. The maximum atomic E-state index is 10.3. The van der Waals surface area contributed by atoms with Crippen molar-refractivity contribution in [2.45, 2.75) is 31.8 Å². The highest BCUT2D eigenvalue weighted by molar-refractivity contribution is 5.51. The summed E-state index contributed by atoms with van der Waals surface area (Å²) in [5, 5.41) is 0. The smallest absolute Gasteiger partial charge is 0.161 e. The SMILES string of the molecule is COc1cc(CCC=O)ccc1OC1CC1. The van der Waals surface area contributed by atoms with E-state index in [9.17, 15) is 4.79 Å². The maximum absolute atomic E-state index is 10.3. The van der Waals surface area contributed by atoms with Gasteiger partial charge in [0, 0.05) is 6.42 Å². The molecule has 3 nitrogen and oxygen atoms in total. The molecule has 1 saturated carbocycles. The molecule has 0 aliphatic heterocycles. The Kier molecular flexibility index (Phi) is 3.44. The van der Waals surface area contributed by atoms with Crippen molar-refractivity contribution in [3.05, 3.63) is 23.8 Å². The summed E-state index contributed by atoms with van der Waals surface area (Å²) in [6.07, 6.45) is 4.87. The van der Waals surface area contributed by atoms with Gasteiger partial charge >= 0.3 is 0 Å². The first-order chi connectivity index (χ1) is 7.83. The minimum atomic E-state index is 0.370. The van der Waals surface area contributed by atoms with Gasteiger partial charge in [0.05, 0.1) is 13.2 Å². The molecule has 1 aliphatic carbocycles. The van der Waals surface area contributed by atoms with Crippen LogP contribution in [0.15, 0.2) is 18.2 Å². The molecule has 0 spiro atoms. The van der Waals surface area contributed by atoms with Crippen molar-refractivity contribution < 1.29 is 14.3 Å². The van der Waals surface area contributed by atoms with Crippen LogP contribution in [0.3, 0.4) is 0 Å². The third-order valence-corrected chi connectivity index (χ3v) is 2.60. The second kappa shape index (κ2) is 5.01. The number of carbonyl (C=O) groups excluding carboxylic acids is 1. The highest BCUT2D eigenvalue weighted by Crippen LogP contribution is 2.34. The van der Waals surface area contributed by atoms with Crippen LogP contribution in [0.2, 0.25) is 0 Å². The second-order valence-electron chi connectivity index (χ2n) is 4.01. The van der Waals surface area contributed by atoms with Gasteiger partial charge in [-0.1, -0.05) is 6.07 Å². The van der Waals surface area contributed by atoms with Gasteiger partial charge in [-0.05, 0) is 37.0 Å². The van der Waals surface area contributed by atoms with Crippen LogP contribution in [-0.2, 0) is 11.2 Å². The summed E-state index contributed by atoms with van der Waals surface area (Å²) in [6, 6.07) is 5.86. The molecule has 0 atom stereocenters. The molecule has 0 amide bonds. The van der Waals surface area contributed by atoms with E-state index < -0.39 is 0 Å². The number of methoxy groups -OCH3 is 1. The summed E-state index contributed by atoms with van der Waals surface area (Å²) >= 11 is 0. The third-order valence-electron chi connectivity index (χ3n) is 2.60. The van der Waals surface area contributed by atoms with Crippen molar-refractivity contribution in [2.75, 3.05) is 7.11 Å². The van der Waals surface area contributed by atoms with Gasteiger partial charge in [-0.2, -0.15) is 0 Å². The van der Waals surface area contributed by atoms with Gasteiger partial charge in [-0.15, -0.1) is 0 Å².